The highest BCUT2D eigenvalue weighted by atomic mass is 32.2. The molecule has 0 heterocycles. The molecule has 2 aromatic rings. The van der Waals surface area contributed by atoms with Crippen molar-refractivity contribution in [3.8, 4) is 0 Å². The Bertz CT molecular complexity index is 791. The second kappa shape index (κ2) is 7.56. The lowest BCUT2D eigenvalue weighted by atomic mass is 10.1. The number of carbonyl (C=O) groups is 2. The van der Waals surface area contributed by atoms with E-state index in [2.05, 4.69) is 5.32 Å². The van der Waals surface area contributed by atoms with Crippen LogP contribution in [0.1, 0.15) is 21.5 Å². The molecule has 0 saturated carbocycles. The van der Waals surface area contributed by atoms with E-state index in [0.717, 1.165) is 42.1 Å². The molecule has 25 heavy (non-hydrogen) atoms. The quantitative estimate of drug-likeness (QED) is 0.740. The van der Waals surface area contributed by atoms with Gasteiger partial charge in [0.25, 0.3) is 5.24 Å². The minimum Gasteiger partial charge on any atom is -0.478 e. The molecule has 0 unspecified atom stereocenters. The van der Waals surface area contributed by atoms with E-state index in [1.54, 1.807) is 0 Å². The van der Waals surface area contributed by atoms with Crippen molar-refractivity contribution in [1.29, 1.82) is 0 Å². The number of thioether (sulfide) groups is 1. The molecule has 9 heteroatoms. The maximum atomic E-state index is 13.2. The lowest BCUT2D eigenvalue weighted by Gasteiger charge is -2.09. The summed E-state index contributed by atoms with van der Waals surface area (Å²) in [6.07, 6.45) is -4.44. The number of rotatable bonds is 4. The summed E-state index contributed by atoms with van der Waals surface area (Å²) in [5, 5.41) is 10.6. The molecule has 2 rings (SSSR count). The fourth-order valence-corrected chi connectivity index (χ4v) is 2.56. The summed E-state index contributed by atoms with van der Waals surface area (Å²) in [5.41, 5.74) is -0.787. The number of alkyl halides is 3. The average Bonchev–Trinajstić information content (AvgIpc) is 2.52. The summed E-state index contributed by atoms with van der Waals surface area (Å²) >= 11 is 0.717. The fourth-order valence-electron chi connectivity index (χ4n) is 1.89. The number of carbonyl (C=O) groups excluding carboxylic acids is 1. The zero-order valence-corrected chi connectivity index (χ0v) is 13.2. The van der Waals surface area contributed by atoms with Gasteiger partial charge in [-0.25, -0.2) is 9.18 Å². The highest BCUT2D eigenvalue weighted by molar-refractivity contribution is 8.13. The SMILES string of the molecule is O=C(Nc1cc(F)ccc1C(=O)O)SCc1ccc(C(F)(F)F)cc1. The Morgan fingerprint density at radius 1 is 1.08 bits per heavy atom. The van der Waals surface area contributed by atoms with Crippen molar-refractivity contribution in [3.63, 3.8) is 0 Å². The number of aromatic carboxylic acids is 1. The first kappa shape index (κ1) is 18.8. The van der Waals surface area contributed by atoms with Crippen LogP contribution in [0.25, 0.3) is 0 Å². The van der Waals surface area contributed by atoms with Crippen molar-refractivity contribution in [2.75, 3.05) is 5.32 Å². The van der Waals surface area contributed by atoms with Crippen LogP contribution >= 0.6 is 11.8 Å². The van der Waals surface area contributed by atoms with Gasteiger partial charge in [-0.15, -0.1) is 0 Å². The van der Waals surface area contributed by atoms with Gasteiger partial charge in [0, 0.05) is 5.75 Å². The van der Waals surface area contributed by atoms with Crippen molar-refractivity contribution >= 4 is 28.7 Å². The molecule has 1 amide bonds. The van der Waals surface area contributed by atoms with Crippen LogP contribution in [0.5, 0.6) is 0 Å². The molecule has 0 atom stereocenters. The largest absolute Gasteiger partial charge is 0.478 e. The molecule has 0 bridgehead atoms. The van der Waals surface area contributed by atoms with E-state index < -0.39 is 28.8 Å². The van der Waals surface area contributed by atoms with Gasteiger partial charge in [0.15, 0.2) is 0 Å². The van der Waals surface area contributed by atoms with Crippen LogP contribution < -0.4 is 5.32 Å². The normalized spacial score (nSPS) is 11.2. The number of hydrogen-bond acceptors (Lipinski definition) is 3. The minimum absolute atomic E-state index is 0.0711. The Labute approximate surface area is 143 Å². The van der Waals surface area contributed by atoms with E-state index in [-0.39, 0.29) is 17.0 Å². The number of amides is 1. The third-order valence-electron chi connectivity index (χ3n) is 3.10. The van der Waals surface area contributed by atoms with Crippen molar-refractivity contribution in [1.82, 2.24) is 0 Å². The summed E-state index contributed by atoms with van der Waals surface area (Å²) in [6.45, 7) is 0. The minimum atomic E-state index is -4.44. The van der Waals surface area contributed by atoms with E-state index in [0.29, 0.717) is 5.56 Å². The van der Waals surface area contributed by atoms with E-state index in [1.165, 1.54) is 12.1 Å². The highest BCUT2D eigenvalue weighted by Gasteiger charge is 2.29. The molecule has 0 spiro atoms. The lowest BCUT2D eigenvalue weighted by Crippen LogP contribution is -2.10. The second-order valence-electron chi connectivity index (χ2n) is 4.89. The van der Waals surface area contributed by atoms with Crippen LogP contribution in [0.4, 0.5) is 28.0 Å². The molecule has 2 aromatic carbocycles. The number of nitrogens with one attached hydrogen (secondary N) is 1. The molecule has 0 saturated heterocycles. The number of benzene rings is 2. The number of hydrogen-bond donors (Lipinski definition) is 2. The van der Waals surface area contributed by atoms with E-state index in [4.69, 9.17) is 5.11 Å². The van der Waals surface area contributed by atoms with Crippen LogP contribution in [0, 0.1) is 5.82 Å². The van der Waals surface area contributed by atoms with Gasteiger partial charge >= 0.3 is 12.1 Å². The fraction of sp³-hybridized carbons (Fsp3) is 0.125. The smallest absolute Gasteiger partial charge is 0.416 e. The van der Waals surface area contributed by atoms with Crippen molar-refractivity contribution in [2.45, 2.75) is 11.9 Å². The zero-order chi connectivity index (χ0) is 18.6. The molecule has 0 fully saturated rings. The van der Waals surface area contributed by atoms with Crippen LogP contribution in [-0.4, -0.2) is 16.3 Å². The van der Waals surface area contributed by atoms with Gasteiger partial charge in [-0.2, -0.15) is 13.2 Å². The molecule has 0 aliphatic heterocycles. The Kier molecular flexibility index (Phi) is 5.68. The van der Waals surface area contributed by atoms with Crippen molar-refractivity contribution in [3.05, 3.63) is 65.0 Å². The topological polar surface area (TPSA) is 66.4 Å². The standard InChI is InChI=1S/C16H11F4NO3S/c17-11-5-6-12(14(22)23)13(7-11)21-15(24)25-8-9-1-3-10(4-2-9)16(18,19)20/h1-7H,8H2,(H,21,24)(H,22,23). The molecular formula is C16H11F4NO3S. The summed E-state index contributed by atoms with van der Waals surface area (Å²) < 4.78 is 50.6. The Balaban J connectivity index is 2.00. The molecule has 0 aliphatic carbocycles. The maximum Gasteiger partial charge on any atom is 0.416 e. The molecule has 0 radical (unpaired) electrons. The number of halogens is 4. The van der Waals surface area contributed by atoms with E-state index in [1.807, 2.05) is 0 Å². The van der Waals surface area contributed by atoms with Gasteiger partial charge in [-0.3, -0.25) is 4.79 Å². The van der Waals surface area contributed by atoms with Gasteiger partial charge in [0.05, 0.1) is 16.8 Å². The molecule has 4 nitrogen and oxygen atoms in total. The highest BCUT2D eigenvalue weighted by Crippen LogP contribution is 2.29. The summed E-state index contributed by atoms with van der Waals surface area (Å²) in [7, 11) is 0. The second-order valence-corrected chi connectivity index (χ2v) is 5.84. The van der Waals surface area contributed by atoms with Crippen LogP contribution in [0.15, 0.2) is 42.5 Å². The molecule has 0 aromatic heterocycles. The van der Waals surface area contributed by atoms with Gasteiger partial charge in [-0.1, -0.05) is 23.9 Å². The van der Waals surface area contributed by atoms with Crippen LogP contribution in [0.3, 0.4) is 0 Å². The number of anilines is 1. The number of carboxylic acids is 1. The average molecular weight is 373 g/mol. The molecular weight excluding hydrogens is 362 g/mol. The Morgan fingerprint density at radius 3 is 2.28 bits per heavy atom. The van der Waals surface area contributed by atoms with Gasteiger partial charge in [0.2, 0.25) is 0 Å². The third kappa shape index (κ3) is 5.21. The van der Waals surface area contributed by atoms with Gasteiger partial charge in [0.1, 0.15) is 5.82 Å². The summed E-state index contributed by atoms with van der Waals surface area (Å²) in [6, 6.07) is 7.15. The molecule has 0 aliphatic rings. The predicted molar refractivity (Wildman–Crippen MR) is 85.1 cm³/mol. The first-order chi connectivity index (χ1) is 11.7. The number of carboxylic acid groups (broad SMARTS) is 1. The summed E-state index contributed by atoms with van der Waals surface area (Å²) in [4.78, 5) is 22.9. The first-order valence-corrected chi connectivity index (χ1v) is 7.78. The van der Waals surface area contributed by atoms with Crippen molar-refractivity contribution < 1.29 is 32.3 Å². The van der Waals surface area contributed by atoms with Crippen LogP contribution in [-0.2, 0) is 11.9 Å². The lowest BCUT2D eigenvalue weighted by molar-refractivity contribution is -0.137. The van der Waals surface area contributed by atoms with E-state index in [9.17, 15) is 27.2 Å². The third-order valence-corrected chi connectivity index (χ3v) is 3.94. The first-order valence-electron chi connectivity index (χ1n) is 6.79. The Hall–Kier alpha value is -2.55. The van der Waals surface area contributed by atoms with Crippen LogP contribution in [0.2, 0.25) is 0 Å². The Morgan fingerprint density at radius 2 is 1.72 bits per heavy atom. The van der Waals surface area contributed by atoms with Gasteiger partial charge < -0.3 is 10.4 Å². The molecule has 132 valence electrons. The monoisotopic (exact) mass is 373 g/mol. The predicted octanol–water partition coefficient (Wildman–Crippen LogP) is 5.01. The molecule has 2 N–H and O–H groups in total. The summed E-state index contributed by atoms with van der Waals surface area (Å²) in [5.74, 6) is -1.97. The van der Waals surface area contributed by atoms with Gasteiger partial charge in [-0.05, 0) is 35.9 Å². The maximum absolute atomic E-state index is 13.2. The van der Waals surface area contributed by atoms with E-state index >= 15 is 0 Å². The zero-order valence-electron chi connectivity index (χ0n) is 12.4. The van der Waals surface area contributed by atoms with Crippen molar-refractivity contribution in [2.24, 2.45) is 0 Å².